The summed E-state index contributed by atoms with van der Waals surface area (Å²) in [4.78, 5) is 52.3. The number of aromatic nitrogens is 6. The van der Waals surface area contributed by atoms with Crippen molar-refractivity contribution in [2.45, 2.75) is 6.42 Å². The van der Waals surface area contributed by atoms with Crippen molar-refractivity contribution < 1.29 is 4.52 Å². The van der Waals surface area contributed by atoms with E-state index in [-0.39, 0.29) is 34.7 Å². The van der Waals surface area contributed by atoms with Gasteiger partial charge in [-0.1, -0.05) is 11.2 Å². The van der Waals surface area contributed by atoms with Gasteiger partial charge in [0.15, 0.2) is 5.43 Å². The Kier molecular flexibility index (Phi) is 4.36. The van der Waals surface area contributed by atoms with E-state index in [2.05, 4.69) is 30.1 Å². The molecule has 4 aromatic heterocycles. The number of hydrogen-bond donors (Lipinski definition) is 3. The van der Waals surface area contributed by atoms with Crippen molar-refractivity contribution in [2.75, 3.05) is 0 Å². The first-order valence-electron chi connectivity index (χ1n) is 9.29. The van der Waals surface area contributed by atoms with Gasteiger partial charge in [-0.05, 0) is 29.3 Å². The molecule has 31 heavy (non-hydrogen) atoms. The van der Waals surface area contributed by atoms with Crippen LogP contribution < -0.4 is 16.5 Å². The molecule has 0 saturated carbocycles. The number of H-pyrrole nitrogens is 3. The molecule has 0 aliphatic heterocycles. The van der Waals surface area contributed by atoms with Crippen molar-refractivity contribution in [1.82, 2.24) is 30.1 Å². The molecule has 5 aromatic rings. The Morgan fingerprint density at radius 2 is 1.77 bits per heavy atom. The molecule has 1 aromatic carbocycles. The molecule has 0 aliphatic rings. The standard InChI is InChI=1S/C21H14N6O4/c28-13-5-6-22-16(8-13)20-26-19(31-27-20)9-17-24-15-3-1-11(7-14(15)21(30)25-17)12-2-4-18(29)23-10-12/h1-8,10H,9H2,(H,22,28)(H,23,29)(H,24,25,30). The molecule has 0 atom stereocenters. The summed E-state index contributed by atoms with van der Waals surface area (Å²) in [5, 5.41) is 4.28. The Morgan fingerprint density at radius 1 is 0.903 bits per heavy atom. The van der Waals surface area contributed by atoms with Crippen LogP contribution in [-0.4, -0.2) is 30.1 Å². The molecule has 0 amide bonds. The van der Waals surface area contributed by atoms with Crippen molar-refractivity contribution >= 4 is 10.9 Å². The summed E-state index contributed by atoms with van der Waals surface area (Å²) in [6, 6.07) is 11.1. The van der Waals surface area contributed by atoms with E-state index in [0.717, 1.165) is 11.1 Å². The molecule has 10 heteroatoms. The lowest BCUT2D eigenvalue weighted by molar-refractivity contribution is 0.384. The Labute approximate surface area is 172 Å². The highest BCUT2D eigenvalue weighted by Gasteiger charge is 2.13. The molecular formula is C21H14N6O4. The zero-order chi connectivity index (χ0) is 21.4. The van der Waals surface area contributed by atoms with Gasteiger partial charge in [0.2, 0.25) is 17.3 Å². The van der Waals surface area contributed by atoms with Crippen LogP contribution in [0.2, 0.25) is 0 Å². The second-order valence-corrected chi connectivity index (χ2v) is 6.81. The number of nitrogens with one attached hydrogen (secondary N) is 3. The van der Waals surface area contributed by atoms with E-state index in [0.29, 0.717) is 22.4 Å². The molecule has 0 saturated heterocycles. The monoisotopic (exact) mass is 414 g/mol. The highest BCUT2D eigenvalue weighted by Crippen LogP contribution is 2.21. The van der Waals surface area contributed by atoms with Gasteiger partial charge in [0.05, 0.1) is 23.0 Å². The maximum Gasteiger partial charge on any atom is 0.258 e. The zero-order valence-corrected chi connectivity index (χ0v) is 15.9. The summed E-state index contributed by atoms with van der Waals surface area (Å²) in [6.45, 7) is 0. The summed E-state index contributed by atoms with van der Waals surface area (Å²) < 4.78 is 5.23. The number of hydrogen-bond acceptors (Lipinski definition) is 7. The van der Waals surface area contributed by atoms with Crippen LogP contribution in [0.25, 0.3) is 33.5 Å². The number of fused-ring (bicyclic) bond motifs is 1. The van der Waals surface area contributed by atoms with Gasteiger partial charge in [-0.25, -0.2) is 4.98 Å². The predicted molar refractivity (Wildman–Crippen MR) is 112 cm³/mol. The van der Waals surface area contributed by atoms with Crippen LogP contribution in [-0.2, 0) is 6.42 Å². The lowest BCUT2D eigenvalue weighted by atomic mass is 10.1. The fraction of sp³-hybridized carbons (Fsp3) is 0.0476. The van der Waals surface area contributed by atoms with Crippen molar-refractivity contribution in [1.29, 1.82) is 0 Å². The summed E-state index contributed by atoms with van der Waals surface area (Å²) in [6.07, 6.45) is 3.21. The minimum atomic E-state index is -0.307. The average molecular weight is 414 g/mol. The SMILES string of the molecule is O=c1cc[nH]c(-c2noc(Cc3nc4ccc(-c5ccc(=O)[nH]c5)cc4c(=O)[nH]3)n2)c1. The first-order valence-corrected chi connectivity index (χ1v) is 9.29. The third-order valence-electron chi connectivity index (χ3n) is 4.67. The van der Waals surface area contributed by atoms with Crippen molar-refractivity contribution in [2.24, 2.45) is 0 Å². The lowest BCUT2D eigenvalue weighted by Gasteiger charge is -2.04. The number of benzene rings is 1. The number of pyridine rings is 2. The van der Waals surface area contributed by atoms with Crippen LogP contribution >= 0.6 is 0 Å². The van der Waals surface area contributed by atoms with Crippen molar-refractivity contribution in [3.63, 3.8) is 0 Å². The summed E-state index contributed by atoms with van der Waals surface area (Å²) in [5.41, 5.74) is 1.82. The van der Waals surface area contributed by atoms with Gasteiger partial charge < -0.3 is 19.5 Å². The Hall–Kier alpha value is -4.60. The summed E-state index contributed by atoms with van der Waals surface area (Å²) >= 11 is 0. The van der Waals surface area contributed by atoms with Crippen LogP contribution in [0.3, 0.4) is 0 Å². The third-order valence-corrected chi connectivity index (χ3v) is 4.67. The van der Waals surface area contributed by atoms with E-state index in [1.165, 1.54) is 24.4 Å². The van der Waals surface area contributed by atoms with E-state index in [9.17, 15) is 14.4 Å². The molecule has 0 radical (unpaired) electrons. The molecule has 0 unspecified atom stereocenters. The zero-order valence-electron chi connectivity index (χ0n) is 15.9. The maximum atomic E-state index is 12.6. The third kappa shape index (κ3) is 3.69. The minimum absolute atomic E-state index is 0.122. The Balaban J connectivity index is 1.45. The number of nitrogens with zero attached hydrogens (tertiary/aromatic N) is 3. The number of rotatable bonds is 4. The smallest absolute Gasteiger partial charge is 0.258 e. The van der Waals surface area contributed by atoms with Crippen LogP contribution in [0.4, 0.5) is 0 Å². The molecule has 0 fully saturated rings. The fourth-order valence-electron chi connectivity index (χ4n) is 3.19. The molecular weight excluding hydrogens is 400 g/mol. The molecule has 5 rings (SSSR count). The van der Waals surface area contributed by atoms with E-state index < -0.39 is 0 Å². The largest absolute Gasteiger partial charge is 0.358 e. The molecule has 4 heterocycles. The predicted octanol–water partition coefficient (Wildman–Crippen LogP) is 1.61. The van der Waals surface area contributed by atoms with Gasteiger partial charge in [-0.2, -0.15) is 4.98 Å². The molecule has 3 N–H and O–H groups in total. The van der Waals surface area contributed by atoms with Gasteiger partial charge in [-0.15, -0.1) is 0 Å². The average Bonchev–Trinajstić information content (AvgIpc) is 3.23. The quantitative estimate of drug-likeness (QED) is 0.404. The summed E-state index contributed by atoms with van der Waals surface area (Å²) in [7, 11) is 0. The topological polar surface area (TPSA) is 150 Å². The molecule has 10 nitrogen and oxygen atoms in total. The highest BCUT2D eigenvalue weighted by atomic mass is 16.5. The summed E-state index contributed by atoms with van der Waals surface area (Å²) in [5.74, 6) is 0.847. The lowest BCUT2D eigenvalue weighted by Crippen LogP contribution is -2.12. The first-order chi connectivity index (χ1) is 15.0. The number of aromatic amines is 3. The maximum absolute atomic E-state index is 12.6. The Morgan fingerprint density at radius 3 is 2.58 bits per heavy atom. The first kappa shape index (κ1) is 18.4. The minimum Gasteiger partial charge on any atom is -0.358 e. The van der Waals surface area contributed by atoms with Gasteiger partial charge in [0.1, 0.15) is 5.82 Å². The van der Waals surface area contributed by atoms with Gasteiger partial charge in [0, 0.05) is 30.6 Å². The van der Waals surface area contributed by atoms with E-state index in [1.807, 2.05) is 6.07 Å². The van der Waals surface area contributed by atoms with E-state index in [4.69, 9.17) is 4.52 Å². The van der Waals surface area contributed by atoms with Crippen LogP contribution in [0.5, 0.6) is 0 Å². The second-order valence-electron chi connectivity index (χ2n) is 6.81. The fourth-order valence-corrected chi connectivity index (χ4v) is 3.19. The van der Waals surface area contributed by atoms with E-state index >= 15 is 0 Å². The highest BCUT2D eigenvalue weighted by molar-refractivity contribution is 5.83. The molecule has 0 aliphatic carbocycles. The van der Waals surface area contributed by atoms with Gasteiger partial charge in [0.25, 0.3) is 5.56 Å². The van der Waals surface area contributed by atoms with Crippen LogP contribution in [0.15, 0.2) is 73.8 Å². The van der Waals surface area contributed by atoms with Gasteiger partial charge in [-0.3, -0.25) is 14.4 Å². The van der Waals surface area contributed by atoms with E-state index in [1.54, 1.807) is 24.4 Å². The van der Waals surface area contributed by atoms with Crippen molar-refractivity contribution in [3.05, 3.63) is 97.5 Å². The molecule has 0 bridgehead atoms. The second kappa shape index (κ2) is 7.34. The molecule has 152 valence electrons. The van der Waals surface area contributed by atoms with Crippen LogP contribution in [0, 0.1) is 0 Å². The normalized spacial score (nSPS) is 11.1. The van der Waals surface area contributed by atoms with Gasteiger partial charge >= 0.3 is 0 Å². The van der Waals surface area contributed by atoms with Crippen LogP contribution in [0.1, 0.15) is 11.7 Å². The Bertz CT molecular complexity index is 1570. The van der Waals surface area contributed by atoms with Crippen molar-refractivity contribution in [3.8, 4) is 22.6 Å². The molecule has 0 spiro atoms.